The summed E-state index contributed by atoms with van der Waals surface area (Å²) in [5.74, 6) is 0.994. The number of aromatic nitrogens is 3. The van der Waals surface area contributed by atoms with Crippen molar-refractivity contribution in [1.29, 1.82) is 0 Å². The molecule has 0 aliphatic carbocycles. The molecule has 0 spiro atoms. The van der Waals surface area contributed by atoms with Gasteiger partial charge >= 0.3 is 0 Å². The third-order valence-electron chi connectivity index (χ3n) is 3.52. The maximum atomic E-state index is 4.73. The monoisotopic (exact) mass is 462 g/mol. The van der Waals surface area contributed by atoms with Crippen molar-refractivity contribution in [3.05, 3.63) is 35.0 Å². The number of rotatable bonds is 9. The van der Waals surface area contributed by atoms with E-state index in [4.69, 9.17) is 4.99 Å². The molecule has 0 fully saturated rings. The topological polar surface area (TPSA) is 58.3 Å². The summed E-state index contributed by atoms with van der Waals surface area (Å²) in [5.41, 5.74) is 0. The van der Waals surface area contributed by atoms with Gasteiger partial charge in [0.25, 0.3) is 0 Å². The lowest BCUT2D eigenvalue weighted by atomic mass is 10.3. The first kappa shape index (κ1) is 20.9. The largest absolute Gasteiger partial charge is 0.357 e. The summed E-state index contributed by atoms with van der Waals surface area (Å²) in [6.45, 7) is 5.77. The lowest BCUT2D eigenvalue weighted by Gasteiger charge is -2.21. The first-order valence-corrected chi connectivity index (χ1v) is 9.01. The average Bonchev–Trinajstić information content (AvgIpc) is 3.24. The number of aryl methyl sites for hydroxylation is 1. The molecule has 2 heterocycles. The Morgan fingerprint density at radius 2 is 2.12 bits per heavy atom. The number of guanidine groups is 1. The molecule has 0 saturated heterocycles. The molecule has 0 atom stereocenters. The van der Waals surface area contributed by atoms with Gasteiger partial charge in [-0.2, -0.15) is 0 Å². The van der Waals surface area contributed by atoms with E-state index < -0.39 is 0 Å². The number of halogens is 1. The van der Waals surface area contributed by atoms with E-state index in [1.165, 1.54) is 4.88 Å². The van der Waals surface area contributed by atoms with E-state index >= 15 is 0 Å². The Morgan fingerprint density at radius 1 is 1.33 bits per heavy atom. The molecule has 2 aromatic rings. The Hall–Kier alpha value is -1.16. The highest BCUT2D eigenvalue weighted by atomic mass is 127. The van der Waals surface area contributed by atoms with Gasteiger partial charge in [-0.05, 0) is 37.6 Å². The molecule has 0 radical (unpaired) electrons. The minimum absolute atomic E-state index is 0. The van der Waals surface area contributed by atoms with Crippen LogP contribution in [-0.2, 0) is 13.0 Å². The van der Waals surface area contributed by atoms with Gasteiger partial charge in [-0.3, -0.25) is 4.99 Å². The first-order valence-electron chi connectivity index (χ1n) is 8.14. The minimum Gasteiger partial charge on any atom is -0.357 e. The van der Waals surface area contributed by atoms with Crippen LogP contribution in [0.3, 0.4) is 0 Å². The smallest absolute Gasteiger partial charge is 0.193 e. The van der Waals surface area contributed by atoms with E-state index in [0.717, 1.165) is 51.4 Å². The molecule has 2 aromatic heterocycles. The van der Waals surface area contributed by atoms with E-state index in [2.05, 4.69) is 51.9 Å². The molecular weight excluding hydrogens is 435 g/mol. The van der Waals surface area contributed by atoms with Gasteiger partial charge in [0, 0.05) is 38.1 Å². The molecule has 6 nitrogen and oxygen atoms in total. The maximum Gasteiger partial charge on any atom is 0.193 e. The highest BCUT2D eigenvalue weighted by Crippen LogP contribution is 2.09. The molecule has 1 N–H and O–H groups in total. The Balaban J connectivity index is 0.00000288. The van der Waals surface area contributed by atoms with Gasteiger partial charge in [-0.1, -0.05) is 6.07 Å². The molecule has 0 saturated carbocycles. The second-order valence-corrected chi connectivity index (χ2v) is 6.43. The van der Waals surface area contributed by atoms with E-state index in [9.17, 15) is 0 Å². The summed E-state index contributed by atoms with van der Waals surface area (Å²) in [6.07, 6.45) is 6.72. The Kier molecular flexibility index (Phi) is 10.6. The quantitative estimate of drug-likeness (QED) is 0.270. The SMILES string of the molecule is CCNC(=NCCCCn1cnnc1)N(C)CCc1cccs1.I. The number of hydrogen-bond acceptors (Lipinski definition) is 4. The van der Waals surface area contributed by atoms with Crippen LogP contribution in [0.2, 0.25) is 0 Å². The third-order valence-corrected chi connectivity index (χ3v) is 4.46. The molecule has 0 aliphatic heterocycles. The molecule has 0 bridgehead atoms. The highest BCUT2D eigenvalue weighted by molar-refractivity contribution is 14.0. The van der Waals surface area contributed by atoms with Crippen molar-refractivity contribution in [2.45, 2.75) is 32.7 Å². The van der Waals surface area contributed by atoms with Crippen LogP contribution in [0.15, 0.2) is 35.2 Å². The summed E-state index contributed by atoms with van der Waals surface area (Å²) in [5, 5.41) is 13.1. The number of thiophene rings is 1. The van der Waals surface area contributed by atoms with Gasteiger partial charge in [0.05, 0.1) is 0 Å². The average molecular weight is 462 g/mol. The molecular formula is C16H27IN6S. The van der Waals surface area contributed by atoms with E-state index in [1.54, 1.807) is 12.7 Å². The molecule has 0 amide bonds. The summed E-state index contributed by atoms with van der Waals surface area (Å²) >= 11 is 1.81. The fourth-order valence-corrected chi connectivity index (χ4v) is 2.94. The minimum atomic E-state index is 0. The Bertz CT molecular complexity index is 555. The normalized spacial score (nSPS) is 11.2. The summed E-state index contributed by atoms with van der Waals surface area (Å²) in [4.78, 5) is 8.36. The van der Waals surface area contributed by atoms with E-state index in [1.807, 2.05) is 15.9 Å². The van der Waals surface area contributed by atoms with Gasteiger partial charge in [0.15, 0.2) is 5.96 Å². The van der Waals surface area contributed by atoms with Crippen molar-refractivity contribution >= 4 is 41.3 Å². The number of unbranched alkanes of at least 4 members (excludes halogenated alkanes) is 1. The molecule has 0 aromatic carbocycles. The second-order valence-electron chi connectivity index (χ2n) is 5.39. The molecule has 24 heavy (non-hydrogen) atoms. The fraction of sp³-hybridized carbons (Fsp3) is 0.562. The predicted molar refractivity (Wildman–Crippen MR) is 111 cm³/mol. The van der Waals surface area contributed by atoms with Gasteiger partial charge < -0.3 is 14.8 Å². The van der Waals surface area contributed by atoms with Crippen LogP contribution < -0.4 is 5.32 Å². The highest BCUT2D eigenvalue weighted by Gasteiger charge is 2.05. The number of nitrogens with zero attached hydrogens (tertiary/aromatic N) is 5. The maximum absolute atomic E-state index is 4.73. The van der Waals surface area contributed by atoms with Crippen molar-refractivity contribution in [2.75, 3.05) is 26.7 Å². The summed E-state index contributed by atoms with van der Waals surface area (Å²) < 4.78 is 2.00. The van der Waals surface area contributed by atoms with Crippen molar-refractivity contribution in [3.8, 4) is 0 Å². The van der Waals surface area contributed by atoms with E-state index in [-0.39, 0.29) is 24.0 Å². The van der Waals surface area contributed by atoms with Crippen LogP contribution in [0, 0.1) is 0 Å². The molecule has 134 valence electrons. The second kappa shape index (κ2) is 12.2. The van der Waals surface area contributed by atoms with Crippen molar-refractivity contribution in [3.63, 3.8) is 0 Å². The predicted octanol–water partition coefficient (Wildman–Crippen LogP) is 2.88. The zero-order valence-electron chi connectivity index (χ0n) is 14.4. The Labute approximate surface area is 165 Å². The Morgan fingerprint density at radius 3 is 2.79 bits per heavy atom. The van der Waals surface area contributed by atoms with Gasteiger partial charge in [0.1, 0.15) is 12.7 Å². The molecule has 2 rings (SSSR count). The molecule has 0 aliphatic rings. The summed E-state index contributed by atoms with van der Waals surface area (Å²) in [7, 11) is 2.10. The van der Waals surface area contributed by atoms with Crippen LogP contribution in [0.4, 0.5) is 0 Å². The third kappa shape index (κ3) is 7.61. The van der Waals surface area contributed by atoms with Gasteiger partial charge in [0.2, 0.25) is 0 Å². The molecule has 0 unspecified atom stereocenters. The standard InChI is InChI=1S/C16H26N6S.HI/c1-3-17-16(21(2)11-8-15-7-6-12-23-15)18-9-4-5-10-22-13-19-20-14-22;/h6-7,12-14H,3-5,8-11H2,1-2H3,(H,17,18);1H. The van der Waals surface area contributed by atoms with Crippen molar-refractivity contribution < 1.29 is 0 Å². The van der Waals surface area contributed by atoms with Gasteiger partial charge in [-0.15, -0.1) is 45.5 Å². The van der Waals surface area contributed by atoms with Crippen LogP contribution >= 0.6 is 35.3 Å². The lowest BCUT2D eigenvalue weighted by Crippen LogP contribution is -2.40. The fourth-order valence-electron chi connectivity index (χ4n) is 2.24. The zero-order valence-corrected chi connectivity index (χ0v) is 17.5. The van der Waals surface area contributed by atoms with E-state index in [0.29, 0.717) is 0 Å². The number of nitrogens with one attached hydrogen (secondary N) is 1. The number of aliphatic imine (C=N–C) groups is 1. The van der Waals surface area contributed by atoms with Crippen LogP contribution in [-0.4, -0.2) is 52.3 Å². The van der Waals surface area contributed by atoms with Crippen molar-refractivity contribution in [2.24, 2.45) is 4.99 Å². The number of likely N-dealkylation sites (N-methyl/N-ethyl adjacent to an activating group) is 1. The first-order chi connectivity index (χ1) is 11.3. The van der Waals surface area contributed by atoms with Crippen LogP contribution in [0.25, 0.3) is 0 Å². The van der Waals surface area contributed by atoms with Gasteiger partial charge in [-0.25, -0.2) is 0 Å². The summed E-state index contributed by atoms with van der Waals surface area (Å²) in [6, 6.07) is 4.29. The van der Waals surface area contributed by atoms with Crippen LogP contribution in [0.5, 0.6) is 0 Å². The van der Waals surface area contributed by atoms with Crippen LogP contribution in [0.1, 0.15) is 24.6 Å². The lowest BCUT2D eigenvalue weighted by molar-refractivity contribution is 0.485. The molecule has 8 heteroatoms. The van der Waals surface area contributed by atoms with Crippen molar-refractivity contribution in [1.82, 2.24) is 25.0 Å². The number of hydrogen-bond donors (Lipinski definition) is 1. The zero-order chi connectivity index (χ0) is 16.3.